The van der Waals surface area contributed by atoms with Crippen LogP contribution in [-0.2, 0) is 6.42 Å². The fourth-order valence-electron chi connectivity index (χ4n) is 1.68. The second-order valence-corrected chi connectivity index (χ2v) is 3.67. The lowest BCUT2D eigenvalue weighted by Crippen LogP contribution is -1.92. The van der Waals surface area contributed by atoms with E-state index in [0.717, 1.165) is 6.42 Å². The van der Waals surface area contributed by atoms with Crippen LogP contribution in [0.2, 0.25) is 0 Å². The number of fused-ring (bicyclic) bond motifs is 1. The van der Waals surface area contributed by atoms with Crippen LogP contribution in [0.4, 0.5) is 0 Å². The topological polar surface area (TPSA) is 15.8 Å². The van der Waals surface area contributed by atoms with Crippen LogP contribution in [0.1, 0.15) is 12.5 Å². The molecule has 1 heteroatoms. The predicted octanol–water partition coefficient (Wildman–Crippen LogP) is 3.18. The highest BCUT2D eigenvalue weighted by atomic mass is 14.7. The summed E-state index contributed by atoms with van der Waals surface area (Å²) in [6.07, 6.45) is 3.14. The summed E-state index contributed by atoms with van der Waals surface area (Å²) in [6, 6.07) is 8.39. The molecule has 0 aliphatic rings. The van der Waals surface area contributed by atoms with Gasteiger partial charge in [0.15, 0.2) is 0 Å². The standard InChI is InChI=1S/C12H14N/c1-9(2)7-10-8-13-12-6-4-3-5-11(10)12/h3-6,8-9,13H,1,7H2,2H3. The maximum Gasteiger partial charge on any atom is 0.0456 e. The quantitative estimate of drug-likeness (QED) is 0.716. The van der Waals surface area contributed by atoms with Crippen molar-refractivity contribution in [3.05, 3.63) is 42.9 Å². The molecule has 13 heavy (non-hydrogen) atoms. The van der Waals surface area contributed by atoms with E-state index in [1.54, 1.807) is 0 Å². The molecule has 0 saturated heterocycles. The van der Waals surface area contributed by atoms with Crippen molar-refractivity contribution >= 4 is 10.9 Å². The smallest absolute Gasteiger partial charge is 0.0456 e. The normalized spacial score (nSPS) is 11.3. The van der Waals surface area contributed by atoms with Gasteiger partial charge in [0.1, 0.15) is 0 Å². The van der Waals surface area contributed by atoms with E-state index in [1.165, 1.54) is 16.5 Å². The maximum atomic E-state index is 4.01. The highest BCUT2D eigenvalue weighted by molar-refractivity contribution is 5.83. The van der Waals surface area contributed by atoms with Crippen molar-refractivity contribution < 1.29 is 0 Å². The van der Waals surface area contributed by atoms with Gasteiger partial charge in [0, 0.05) is 17.1 Å². The van der Waals surface area contributed by atoms with Gasteiger partial charge >= 0.3 is 0 Å². The second kappa shape index (κ2) is 3.25. The van der Waals surface area contributed by atoms with E-state index in [1.807, 2.05) is 0 Å². The van der Waals surface area contributed by atoms with Gasteiger partial charge < -0.3 is 4.98 Å². The number of H-pyrrole nitrogens is 1. The van der Waals surface area contributed by atoms with Crippen LogP contribution in [0.25, 0.3) is 10.9 Å². The van der Waals surface area contributed by atoms with Gasteiger partial charge in [-0.05, 0) is 24.0 Å². The van der Waals surface area contributed by atoms with Crippen LogP contribution in [-0.4, -0.2) is 4.98 Å². The number of hydrogen-bond acceptors (Lipinski definition) is 0. The molecule has 0 aliphatic heterocycles. The molecule has 1 heterocycles. The SMILES string of the molecule is [CH2]C(C)Cc1c[nH]c2ccccc12. The van der Waals surface area contributed by atoms with E-state index in [4.69, 9.17) is 0 Å². The first kappa shape index (κ1) is 8.36. The van der Waals surface area contributed by atoms with Crippen molar-refractivity contribution in [2.75, 3.05) is 0 Å². The van der Waals surface area contributed by atoms with Gasteiger partial charge in [-0.15, -0.1) is 0 Å². The Labute approximate surface area is 78.8 Å². The molecule has 1 nitrogen and oxygen atoms in total. The van der Waals surface area contributed by atoms with Gasteiger partial charge in [-0.2, -0.15) is 0 Å². The molecule has 1 unspecified atom stereocenters. The number of rotatable bonds is 2. The number of aromatic nitrogens is 1. The molecule has 1 aromatic carbocycles. The maximum absolute atomic E-state index is 4.01. The minimum Gasteiger partial charge on any atom is -0.361 e. The Morgan fingerprint density at radius 3 is 2.92 bits per heavy atom. The van der Waals surface area contributed by atoms with Gasteiger partial charge in [-0.1, -0.05) is 32.0 Å². The van der Waals surface area contributed by atoms with E-state index in [9.17, 15) is 0 Å². The summed E-state index contributed by atoms with van der Waals surface area (Å²) in [5.74, 6) is 0.471. The molecule has 0 saturated carbocycles. The average Bonchev–Trinajstić information content (AvgIpc) is 2.48. The lowest BCUT2D eigenvalue weighted by molar-refractivity contribution is 0.723. The molecule has 0 aliphatic carbocycles. The number of benzene rings is 1. The fourth-order valence-corrected chi connectivity index (χ4v) is 1.68. The van der Waals surface area contributed by atoms with E-state index in [2.05, 4.69) is 49.3 Å². The van der Waals surface area contributed by atoms with Gasteiger partial charge in [-0.25, -0.2) is 0 Å². The Kier molecular flexibility index (Phi) is 2.09. The predicted molar refractivity (Wildman–Crippen MR) is 56.5 cm³/mol. The minimum atomic E-state index is 0.471. The summed E-state index contributed by atoms with van der Waals surface area (Å²) in [5.41, 5.74) is 2.59. The Balaban J connectivity index is 2.46. The van der Waals surface area contributed by atoms with Crippen LogP contribution < -0.4 is 0 Å². The minimum absolute atomic E-state index is 0.471. The Hall–Kier alpha value is -1.24. The van der Waals surface area contributed by atoms with Crippen molar-refractivity contribution in [3.63, 3.8) is 0 Å². The summed E-state index contributed by atoms with van der Waals surface area (Å²) in [6.45, 7) is 6.15. The molecule has 1 N–H and O–H groups in total. The van der Waals surface area contributed by atoms with Crippen molar-refractivity contribution in [1.29, 1.82) is 0 Å². The number of aromatic amines is 1. The van der Waals surface area contributed by atoms with Crippen molar-refractivity contribution in [2.24, 2.45) is 5.92 Å². The van der Waals surface area contributed by atoms with Gasteiger partial charge in [0.05, 0.1) is 0 Å². The first-order valence-corrected chi connectivity index (χ1v) is 4.65. The monoisotopic (exact) mass is 172 g/mol. The Bertz CT molecular complexity index is 398. The lowest BCUT2D eigenvalue weighted by Gasteiger charge is -2.01. The molecule has 1 aromatic heterocycles. The summed E-state index contributed by atoms with van der Waals surface area (Å²) < 4.78 is 0. The van der Waals surface area contributed by atoms with E-state index in [0.29, 0.717) is 5.92 Å². The zero-order valence-corrected chi connectivity index (χ0v) is 7.88. The lowest BCUT2D eigenvalue weighted by atomic mass is 10.0. The third-order valence-electron chi connectivity index (χ3n) is 2.24. The Morgan fingerprint density at radius 1 is 1.38 bits per heavy atom. The molecular weight excluding hydrogens is 158 g/mol. The van der Waals surface area contributed by atoms with Crippen molar-refractivity contribution in [2.45, 2.75) is 13.3 Å². The first-order valence-electron chi connectivity index (χ1n) is 4.65. The van der Waals surface area contributed by atoms with Crippen molar-refractivity contribution in [3.8, 4) is 0 Å². The molecule has 67 valence electrons. The molecule has 0 bridgehead atoms. The second-order valence-electron chi connectivity index (χ2n) is 3.67. The number of para-hydroxylation sites is 1. The highest BCUT2D eigenvalue weighted by Gasteiger charge is 2.03. The van der Waals surface area contributed by atoms with Crippen LogP contribution >= 0.6 is 0 Å². The summed E-state index contributed by atoms with van der Waals surface area (Å²) in [7, 11) is 0. The average molecular weight is 172 g/mol. The Morgan fingerprint density at radius 2 is 2.15 bits per heavy atom. The van der Waals surface area contributed by atoms with Crippen LogP contribution in [0.3, 0.4) is 0 Å². The molecule has 0 fully saturated rings. The third kappa shape index (κ3) is 1.59. The summed E-state index contributed by atoms with van der Waals surface area (Å²) in [4.78, 5) is 3.27. The van der Waals surface area contributed by atoms with Crippen molar-refractivity contribution in [1.82, 2.24) is 4.98 Å². The van der Waals surface area contributed by atoms with Crippen LogP contribution in [0.5, 0.6) is 0 Å². The molecule has 2 rings (SSSR count). The molecule has 1 radical (unpaired) electrons. The number of nitrogens with one attached hydrogen (secondary N) is 1. The van der Waals surface area contributed by atoms with E-state index >= 15 is 0 Å². The van der Waals surface area contributed by atoms with Crippen LogP contribution in [0.15, 0.2) is 30.5 Å². The molecule has 0 amide bonds. The number of hydrogen-bond donors (Lipinski definition) is 1. The third-order valence-corrected chi connectivity index (χ3v) is 2.24. The van der Waals surface area contributed by atoms with E-state index < -0.39 is 0 Å². The summed E-state index contributed by atoms with van der Waals surface area (Å²) in [5, 5.41) is 1.33. The zero-order chi connectivity index (χ0) is 9.26. The largest absolute Gasteiger partial charge is 0.361 e. The molecule has 0 spiro atoms. The molecule has 2 aromatic rings. The van der Waals surface area contributed by atoms with Gasteiger partial charge in [0.2, 0.25) is 0 Å². The molecular formula is C12H14N. The van der Waals surface area contributed by atoms with E-state index in [-0.39, 0.29) is 0 Å². The van der Waals surface area contributed by atoms with Gasteiger partial charge in [-0.3, -0.25) is 0 Å². The van der Waals surface area contributed by atoms with Gasteiger partial charge in [0.25, 0.3) is 0 Å². The molecule has 1 atom stereocenters. The first-order chi connectivity index (χ1) is 6.27. The fraction of sp³-hybridized carbons (Fsp3) is 0.250. The van der Waals surface area contributed by atoms with Crippen LogP contribution in [0, 0.1) is 12.8 Å². The zero-order valence-electron chi connectivity index (χ0n) is 7.88. The highest BCUT2D eigenvalue weighted by Crippen LogP contribution is 2.20. The summed E-state index contributed by atoms with van der Waals surface area (Å²) >= 11 is 0.